The zero-order chi connectivity index (χ0) is 14.5. The van der Waals surface area contributed by atoms with Crippen LogP contribution in [0, 0.1) is 5.92 Å². The molecule has 5 nitrogen and oxygen atoms in total. The van der Waals surface area contributed by atoms with Crippen molar-refractivity contribution in [1.82, 2.24) is 15.1 Å². The standard InChI is InChI=1S/C15H20N4O.ClH/c1-11(10-16)15(20)18-12(2)13-4-6-14(7-5-13)19-9-3-8-17-19;/h3-9,11-12H,10,16H2,1-2H3,(H,18,20);1H. The van der Waals surface area contributed by atoms with Gasteiger partial charge in [-0.05, 0) is 30.7 Å². The van der Waals surface area contributed by atoms with Gasteiger partial charge >= 0.3 is 0 Å². The Morgan fingerprint density at radius 1 is 1.33 bits per heavy atom. The third-order valence-electron chi connectivity index (χ3n) is 3.32. The van der Waals surface area contributed by atoms with Gasteiger partial charge in [-0.1, -0.05) is 19.1 Å². The Bertz CT molecular complexity index is 554. The maximum atomic E-state index is 11.8. The van der Waals surface area contributed by atoms with Gasteiger partial charge in [0.25, 0.3) is 0 Å². The van der Waals surface area contributed by atoms with Crippen LogP contribution in [0.2, 0.25) is 0 Å². The number of benzene rings is 1. The highest BCUT2D eigenvalue weighted by molar-refractivity contribution is 5.85. The van der Waals surface area contributed by atoms with Crippen molar-refractivity contribution in [2.45, 2.75) is 19.9 Å². The molecular weight excluding hydrogens is 288 g/mol. The molecule has 6 heteroatoms. The lowest BCUT2D eigenvalue weighted by Crippen LogP contribution is -2.34. The maximum absolute atomic E-state index is 11.8. The van der Waals surface area contributed by atoms with E-state index in [9.17, 15) is 4.79 Å². The first kappa shape index (κ1) is 17.2. The summed E-state index contributed by atoms with van der Waals surface area (Å²) in [6, 6.07) is 9.80. The number of carbonyl (C=O) groups excluding carboxylic acids is 1. The van der Waals surface area contributed by atoms with Crippen LogP contribution in [0.25, 0.3) is 5.69 Å². The van der Waals surface area contributed by atoms with Crippen molar-refractivity contribution in [3.8, 4) is 5.69 Å². The maximum Gasteiger partial charge on any atom is 0.224 e. The van der Waals surface area contributed by atoms with Gasteiger partial charge in [-0.3, -0.25) is 4.79 Å². The topological polar surface area (TPSA) is 72.9 Å². The third-order valence-corrected chi connectivity index (χ3v) is 3.32. The predicted octanol–water partition coefficient (Wildman–Crippen LogP) is 2.07. The number of amides is 1. The molecule has 1 aromatic heterocycles. The van der Waals surface area contributed by atoms with Crippen molar-refractivity contribution in [2.24, 2.45) is 11.7 Å². The summed E-state index contributed by atoms with van der Waals surface area (Å²) in [5.41, 5.74) is 7.54. The molecule has 1 aromatic carbocycles. The summed E-state index contributed by atoms with van der Waals surface area (Å²) in [5, 5.41) is 7.14. The fourth-order valence-corrected chi connectivity index (χ4v) is 1.88. The zero-order valence-electron chi connectivity index (χ0n) is 12.2. The van der Waals surface area contributed by atoms with E-state index >= 15 is 0 Å². The molecule has 2 unspecified atom stereocenters. The van der Waals surface area contributed by atoms with E-state index in [4.69, 9.17) is 5.73 Å². The molecule has 2 aromatic rings. The molecule has 0 fully saturated rings. The molecule has 0 saturated heterocycles. The predicted molar refractivity (Wildman–Crippen MR) is 85.6 cm³/mol. The molecule has 3 N–H and O–H groups in total. The Morgan fingerprint density at radius 2 is 2.00 bits per heavy atom. The Balaban J connectivity index is 0.00000220. The molecule has 1 amide bonds. The van der Waals surface area contributed by atoms with Gasteiger partial charge in [0, 0.05) is 24.9 Å². The average Bonchev–Trinajstić information content (AvgIpc) is 3.00. The van der Waals surface area contributed by atoms with Crippen LogP contribution in [0.5, 0.6) is 0 Å². The summed E-state index contributed by atoms with van der Waals surface area (Å²) in [4.78, 5) is 11.8. The quantitative estimate of drug-likeness (QED) is 0.888. The molecule has 0 spiro atoms. The number of nitrogens with zero attached hydrogens (tertiary/aromatic N) is 2. The van der Waals surface area contributed by atoms with Crippen molar-refractivity contribution in [1.29, 1.82) is 0 Å². The molecule has 2 atom stereocenters. The number of hydrogen-bond donors (Lipinski definition) is 2. The van der Waals surface area contributed by atoms with Gasteiger partial charge in [-0.2, -0.15) is 5.10 Å². The Kier molecular flexibility index (Phi) is 6.39. The van der Waals surface area contributed by atoms with Crippen LogP contribution in [0.1, 0.15) is 25.5 Å². The summed E-state index contributed by atoms with van der Waals surface area (Å²) in [5.74, 6) is -0.183. The van der Waals surface area contributed by atoms with Gasteiger partial charge < -0.3 is 11.1 Å². The smallest absolute Gasteiger partial charge is 0.224 e. The van der Waals surface area contributed by atoms with Gasteiger partial charge in [-0.25, -0.2) is 4.68 Å². The normalized spacial score (nSPS) is 13.1. The lowest BCUT2D eigenvalue weighted by molar-refractivity contribution is -0.124. The first-order chi connectivity index (χ1) is 9.61. The second-order valence-corrected chi connectivity index (χ2v) is 4.91. The second kappa shape index (κ2) is 7.81. The van der Waals surface area contributed by atoms with Crippen LogP contribution in [-0.2, 0) is 4.79 Å². The zero-order valence-corrected chi connectivity index (χ0v) is 13.0. The SMILES string of the molecule is CC(CN)C(=O)NC(C)c1ccc(-n2cccn2)cc1.Cl. The first-order valence-corrected chi connectivity index (χ1v) is 6.72. The number of halogens is 1. The van der Waals surface area contributed by atoms with Crippen LogP contribution in [0.4, 0.5) is 0 Å². The third kappa shape index (κ3) is 4.31. The molecule has 0 aliphatic heterocycles. The molecule has 0 saturated carbocycles. The fourth-order valence-electron chi connectivity index (χ4n) is 1.88. The number of nitrogens with one attached hydrogen (secondary N) is 1. The van der Waals surface area contributed by atoms with Gasteiger partial charge in [0.15, 0.2) is 0 Å². The van der Waals surface area contributed by atoms with Crippen LogP contribution >= 0.6 is 12.4 Å². The van der Waals surface area contributed by atoms with Gasteiger partial charge in [0.05, 0.1) is 11.7 Å². The van der Waals surface area contributed by atoms with Crippen molar-refractivity contribution in [3.63, 3.8) is 0 Å². The van der Waals surface area contributed by atoms with Crippen LogP contribution in [0.15, 0.2) is 42.7 Å². The highest BCUT2D eigenvalue weighted by Gasteiger charge is 2.14. The summed E-state index contributed by atoms with van der Waals surface area (Å²) in [6.07, 6.45) is 3.63. The second-order valence-electron chi connectivity index (χ2n) is 4.91. The molecule has 1 heterocycles. The van der Waals surface area contributed by atoms with E-state index < -0.39 is 0 Å². The number of hydrogen-bond acceptors (Lipinski definition) is 3. The average molecular weight is 309 g/mol. The lowest BCUT2D eigenvalue weighted by Gasteiger charge is -2.17. The summed E-state index contributed by atoms with van der Waals surface area (Å²) in [6.45, 7) is 4.14. The van der Waals surface area contributed by atoms with E-state index in [1.165, 1.54) is 0 Å². The molecule has 0 aliphatic carbocycles. The largest absolute Gasteiger partial charge is 0.349 e. The highest BCUT2D eigenvalue weighted by atomic mass is 35.5. The minimum absolute atomic E-state index is 0. The van der Waals surface area contributed by atoms with Crippen molar-refractivity contribution >= 4 is 18.3 Å². The van der Waals surface area contributed by atoms with Crippen LogP contribution < -0.4 is 11.1 Å². The van der Waals surface area contributed by atoms with E-state index in [2.05, 4.69) is 10.4 Å². The number of aromatic nitrogens is 2. The van der Waals surface area contributed by atoms with Crippen molar-refractivity contribution in [2.75, 3.05) is 6.54 Å². The van der Waals surface area contributed by atoms with Crippen molar-refractivity contribution < 1.29 is 4.79 Å². The lowest BCUT2D eigenvalue weighted by atomic mass is 10.1. The molecule has 0 radical (unpaired) electrons. The number of nitrogens with two attached hydrogens (primary N) is 1. The van der Waals surface area contributed by atoms with Gasteiger partial charge in [0.2, 0.25) is 5.91 Å². The van der Waals surface area contributed by atoms with E-state index in [0.29, 0.717) is 6.54 Å². The van der Waals surface area contributed by atoms with Crippen LogP contribution in [0.3, 0.4) is 0 Å². The van der Waals surface area contributed by atoms with E-state index in [1.807, 2.05) is 50.4 Å². The molecule has 2 rings (SSSR count). The van der Waals surface area contributed by atoms with E-state index in [-0.39, 0.29) is 30.3 Å². The van der Waals surface area contributed by atoms with E-state index in [0.717, 1.165) is 11.3 Å². The highest BCUT2D eigenvalue weighted by Crippen LogP contribution is 2.15. The molecular formula is C15H21ClN4O. The monoisotopic (exact) mass is 308 g/mol. The first-order valence-electron chi connectivity index (χ1n) is 6.72. The minimum atomic E-state index is -0.166. The molecule has 114 valence electrons. The number of carbonyl (C=O) groups is 1. The van der Waals surface area contributed by atoms with Gasteiger partial charge in [0.1, 0.15) is 0 Å². The molecule has 0 bridgehead atoms. The van der Waals surface area contributed by atoms with Gasteiger partial charge in [-0.15, -0.1) is 12.4 Å². The summed E-state index contributed by atoms with van der Waals surface area (Å²) >= 11 is 0. The Hall–Kier alpha value is -1.85. The Labute approximate surface area is 130 Å². The minimum Gasteiger partial charge on any atom is -0.349 e. The fraction of sp³-hybridized carbons (Fsp3) is 0.333. The molecule has 0 aliphatic rings. The van der Waals surface area contributed by atoms with Crippen molar-refractivity contribution in [3.05, 3.63) is 48.3 Å². The Morgan fingerprint density at radius 3 is 2.52 bits per heavy atom. The molecule has 21 heavy (non-hydrogen) atoms. The van der Waals surface area contributed by atoms with Crippen LogP contribution in [-0.4, -0.2) is 22.2 Å². The summed E-state index contributed by atoms with van der Waals surface area (Å²) in [7, 11) is 0. The number of rotatable bonds is 5. The van der Waals surface area contributed by atoms with E-state index in [1.54, 1.807) is 10.9 Å². The summed E-state index contributed by atoms with van der Waals surface area (Å²) < 4.78 is 1.80.